The Balaban J connectivity index is 1.51. The van der Waals surface area contributed by atoms with Crippen LogP contribution in [-0.2, 0) is 4.79 Å². The summed E-state index contributed by atoms with van der Waals surface area (Å²) in [4.78, 5) is 29.5. The van der Waals surface area contributed by atoms with Crippen LogP contribution in [0.2, 0.25) is 0 Å². The molecule has 1 aliphatic rings. The third-order valence-electron chi connectivity index (χ3n) is 6.47. The van der Waals surface area contributed by atoms with Crippen LogP contribution >= 0.6 is 0 Å². The van der Waals surface area contributed by atoms with Gasteiger partial charge < -0.3 is 15.2 Å². The average Bonchev–Trinajstić information content (AvgIpc) is 3.43. The minimum Gasteiger partial charge on any atom is -0.361 e. The van der Waals surface area contributed by atoms with Gasteiger partial charge in [-0.15, -0.1) is 0 Å². The molecule has 4 rings (SSSR count). The van der Waals surface area contributed by atoms with E-state index in [0.717, 1.165) is 41.3 Å². The predicted octanol–water partition coefficient (Wildman–Crippen LogP) is 4.80. The van der Waals surface area contributed by atoms with E-state index in [2.05, 4.69) is 10.3 Å². The number of fused-ring (bicyclic) bond motifs is 1. The molecule has 2 atom stereocenters. The topological polar surface area (TPSA) is 65.2 Å². The molecule has 0 bridgehead atoms. The maximum atomic E-state index is 15.1. The lowest BCUT2D eigenvalue weighted by Gasteiger charge is -2.25. The van der Waals surface area contributed by atoms with Crippen LogP contribution in [0.5, 0.6) is 0 Å². The van der Waals surface area contributed by atoms with E-state index in [9.17, 15) is 9.59 Å². The second-order valence-corrected chi connectivity index (χ2v) is 8.37. The quantitative estimate of drug-likeness (QED) is 0.621. The predicted molar refractivity (Wildman–Crippen MR) is 120 cm³/mol. The molecule has 2 amide bonds. The molecule has 0 spiro atoms. The van der Waals surface area contributed by atoms with Gasteiger partial charge in [-0.2, -0.15) is 0 Å². The lowest BCUT2D eigenvalue weighted by Crippen LogP contribution is -2.38. The first-order valence-corrected chi connectivity index (χ1v) is 10.8. The van der Waals surface area contributed by atoms with E-state index in [1.165, 1.54) is 6.07 Å². The number of aromatic amines is 1. The Morgan fingerprint density at radius 1 is 1.16 bits per heavy atom. The standard InChI is InChI=1S/C25H28FN3O2/c1-4-24(30)28-17-6-7-18(14-17)29(3)25(31)16-5-8-21(22(26)13-16)19-9-10-23-20(15(19)2)11-12-27-23/h5,8-13,17-18,27H,4,6-7,14H2,1-3H3,(H,28,30). The van der Waals surface area contributed by atoms with Crippen LogP contribution in [-0.4, -0.2) is 40.8 Å². The van der Waals surface area contributed by atoms with Crippen molar-refractivity contribution in [3.8, 4) is 11.1 Å². The smallest absolute Gasteiger partial charge is 0.253 e. The molecule has 3 aromatic rings. The Labute approximate surface area is 181 Å². The van der Waals surface area contributed by atoms with Gasteiger partial charge in [0.1, 0.15) is 5.82 Å². The molecular weight excluding hydrogens is 393 g/mol. The normalized spacial score (nSPS) is 18.3. The molecule has 0 radical (unpaired) electrons. The number of aryl methyl sites for hydroxylation is 1. The zero-order valence-corrected chi connectivity index (χ0v) is 18.2. The van der Waals surface area contributed by atoms with Gasteiger partial charge in [-0.25, -0.2) is 4.39 Å². The van der Waals surface area contributed by atoms with Crippen molar-refractivity contribution in [1.82, 2.24) is 15.2 Å². The molecule has 1 aromatic heterocycles. The number of H-pyrrole nitrogens is 1. The number of halogens is 1. The van der Waals surface area contributed by atoms with Crippen molar-refractivity contribution in [3.05, 3.63) is 59.5 Å². The molecule has 1 aliphatic carbocycles. The van der Waals surface area contributed by atoms with Gasteiger partial charge in [-0.1, -0.05) is 19.1 Å². The summed E-state index contributed by atoms with van der Waals surface area (Å²) < 4.78 is 15.1. The second-order valence-electron chi connectivity index (χ2n) is 8.37. The molecule has 0 saturated heterocycles. The highest BCUT2D eigenvalue weighted by atomic mass is 19.1. The molecule has 1 heterocycles. The van der Waals surface area contributed by atoms with E-state index < -0.39 is 5.82 Å². The van der Waals surface area contributed by atoms with Crippen molar-refractivity contribution in [2.75, 3.05) is 7.05 Å². The molecule has 0 aliphatic heterocycles. The van der Waals surface area contributed by atoms with Crippen LogP contribution in [0.1, 0.15) is 48.5 Å². The highest BCUT2D eigenvalue weighted by molar-refractivity contribution is 5.95. The summed E-state index contributed by atoms with van der Waals surface area (Å²) in [5.41, 5.74) is 3.66. The first-order chi connectivity index (χ1) is 14.9. The van der Waals surface area contributed by atoms with Crippen LogP contribution in [0.25, 0.3) is 22.0 Å². The first kappa shape index (κ1) is 21.1. The van der Waals surface area contributed by atoms with Crippen LogP contribution < -0.4 is 5.32 Å². The molecule has 1 fully saturated rings. The number of benzene rings is 2. The van der Waals surface area contributed by atoms with Crippen molar-refractivity contribution in [2.24, 2.45) is 0 Å². The van der Waals surface area contributed by atoms with E-state index in [1.807, 2.05) is 38.2 Å². The number of hydrogen-bond acceptors (Lipinski definition) is 2. The maximum Gasteiger partial charge on any atom is 0.253 e. The van der Waals surface area contributed by atoms with E-state index in [1.54, 1.807) is 24.1 Å². The van der Waals surface area contributed by atoms with Crippen LogP contribution in [0.3, 0.4) is 0 Å². The largest absolute Gasteiger partial charge is 0.361 e. The van der Waals surface area contributed by atoms with E-state index >= 15 is 4.39 Å². The van der Waals surface area contributed by atoms with Crippen LogP contribution in [0.15, 0.2) is 42.6 Å². The Kier molecular flexibility index (Phi) is 5.81. The van der Waals surface area contributed by atoms with Gasteiger partial charge in [0.05, 0.1) is 0 Å². The number of nitrogens with one attached hydrogen (secondary N) is 2. The molecule has 6 heteroatoms. The minimum atomic E-state index is -0.406. The Morgan fingerprint density at radius 2 is 1.94 bits per heavy atom. The number of nitrogens with zero attached hydrogens (tertiary/aromatic N) is 1. The van der Waals surface area contributed by atoms with Crippen molar-refractivity contribution in [3.63, 3.8) is 0 Å². The summed E-state index contributed by atoms with van der Waals surface area (Å²) in [6, 6.07) is 10.7. The zero-order chi connectivity index (χ0) is 22.1. The summed E-state index contributed by atoms with van der Waals surface area (Å²) in [6.45, 7) is 3.80. The van der Waals surface area contributed by atoms with Gasteiger partial charge in [-0.05, 0) is 61.6 Å². The molecule has 1 saturated carbocycles. The fraction of sp³-hybridized carbons (Fsp3) is 0.360. The summed E-state index contributed by atoms with van der Waals surface area (Å²) in [7, 11) is 1.76. The van der Waals surface area contributed by atoms with Crippen molar-refractivity contribution in [2.45, 2.75) is 51.6 Å². The average molecular weight is 422 g/mol. The minimum absolute atomic E-state index is 0.0328. The Hall–Kier alpha value is -3.15. The van der Waals surface area contributed by atoms with Crippen molar-refractivity contribution >= 4 is 22.7 Å². The highest BCUT2D eigenvalue weighted by Gasteiger charge is 2.31. The van der Waals surface area contributed by atoms with E-state index in [-0.39, 0.29) is 23.9 Å². The molecule has 2 N–H and O–H groups in total. The van der Waals surface area contributed by atoms with Gasteiger partial charge in [-0.3, -0.25) is 9.59 Å². The number of carbonyl (C=O) groups excluding carboxylic acids is 2. The number of hydrogen-bond donors (Lipinski definition) is 2. The second kappa shape index (κ2) is 8.53. The lowest BCUT2D eigenvalue weighted by molar-refractivity contribution is -0.121. The van der Waals surface area contributed by atoms with Crippen LogP contribution in [0, 0.1) is 12.7 Å². The maximum absolute atomic E-state index is 15.1. The van der Waals surface area contributed by atoms with Gasteiger partial charge in [0.2, 0.25) is 5.91 Å². The van der Waals surface area contributed by atoms with Gasteiger partial charge >= 0.3 is 0 Å². The highest BCUT2D eigenvalue weighted by Crippen LogP contribution is 2.32. The summed E-state index contributed by atoms with van der Waals surface area (Å²) >= 11 is 0. The molecule has 5 nitrogen and oxygen atoms in total. The first-order valence-electron chi connectivity index (χ1n) is 10.8. The van der Waals surface area contributed by atoms with Crippen LogP contribution in [0.4, 0.5) is 4.39 Å². The number of amides is 2. The third kappa shape index (κ3) is 4.07. The number of carbonyl (C=O) groups is 2. The lowest BCUT2D eigenvalue weighted by atomic mass is 9.96. The van der Waals surface area contributed by atoms with Gasteiger partial charge in [0.25, 0.3) is 5.91 Å². The van der Waals surface area contributed by atoms with Gasteiger partial charge in [0.15, 0.2) is 0 Å². The Bertz CT molecular complexity index is 1140. The van der Waals surface area contributed by atoms with E-state index in [0.29, 0.717) is 17.5 Å². The molecule has 31 heavy (non-hydrogen) atoms. The van der Waals surface area contributed by atoms with Crippen molar-refractivity contribution < 1.29 is 14.0 Å². The fourth-order valence-corrected chi connectivity index (χ4v) is 4.58. The molecular formula is C25H28FN3O2. The van der Waals surface area contributed by atoms with Gasteiger partial charge in [0, 0.05) is 53.8 Å². The molecule has 2 aromatic carbocycles. The zero-order valence-electron chi connectivity index (χ0n) is 18.2. The monoisotopic (exact) mass is 421 g/mol. The SMILES string of the molecule is CCC(=O)NC1CCC(N(C)C(=O)c2ccc(-c3ccc4[nH]ccc4c3C)c(F)c2)C1. The summed E-state index contributed by atoms with van der Waals surface area (Å²) in [5, 5.41) is 4.06. The number of aromatic nitrogens is 1. The molecule has 162 valence electrons. The summed E-state index contributed by atoms with van der Waals surface area (Å²) in [6.07, 6.45) is 4.73. The fourth-order valence-electron chi connectivity index (χ4n) is 4.58. The third-order valence-corrected chi connectivity index (χ3v) is 6.47. The van der Waals surface area contributed by atoms with Crippen molar-refractivity contribution in [1.29, 1.82) is 0 Å². The summed E-state index contributed by atoms with van der Waals surface area (Å²) in [5.74, 6) is -0.571. The van der Waals surface area contributed by atoms with E-state index in [4.69, 9.17) is 0 Å². The molecule has 2 unspecified atom stereocenters. The Morgan fingerprint density at radius 3 is 2.68 bits per heavy atom. The number of rotatable bonds is 5.